The molecule has 0 heterocycles. The van der Waals surface area contributed by atoms with E-state index in [0.29, 0.717) is 0 Å². The predicted molar refractivity (Wildman–Crippen MR) is 68.8 cm³/mol. The highest BCUT2D eigenvalue weighted by molar-refractivity contribution is 5.81. The molecule has 0 saturated carbocycles. The van der Waals surface area contributed by atoms with Crippen LogP contribution in [0.2, 0.25) is 0 Å². The number of hydrogen-bond donors (Lipinski definition) is 2. The van der Waals surface area contributed by atoms with Gasteiger partial charge in [0.25, 0.3) is 0 Å². The van der Waals surface area contributed by atoms with Gasteiger partial charge in [-0.25, -0.2) is 4.79 Å². The van der Waals surface area contributed by atoms with Gasteiger partial charge in [-0.05, 0) is 18.6 Å². The van der Waals surface area contributed by atoms with Gasteiger partial charge in [0.05, 0.1) is 7.11 Å². The van der Waals surface area contributed by atoms with Crippen molar-refractivity contribution in [2.24, 2.45) is 0 Å². The number of carbonyl (C=O) groups is 2. The van der Waals surface area contributed by atoms with Crippen LogP contribution in [0.3, 0.4) is 0 Å². The first-order valence-electron chi connectivity index (χ1n) is 5.46. The van der Waals surface area contributed by atoms with Gasteiger partial charge in [-0.1, -0.05) is 29.8 Å². The first-order chi connectivity index (χ1) is 8.61. The van der Waals surface area contributed by atoms with Crippen molar-refractivity contribution in [3.8, 4) is 0 Å². The summed E-state index contributed by atoms with van der Waals surface area (Å²) < 4.78 is 4.39. The third-order valence-corrected chi connectivity index (χ3v) is 2.15. The first kappa shape index (κ1) is 13.8. The fourth-order valence-electron chi connectivity index (χ4n) is 1.26. The van der Waals surface area contributed by atoms with Gasteiger partial charge in [-0.15, -0.1) is 0 Å². The summed E-state index contributed by atoms with van der Waals surface area (Å²) in [5, 5.41) is 4.85. The Morgan fingerprint density at radius 1 is 1.39 bits per heavy atom. The topological polar surface area (TPSA) is 67.4 Å². The lowest BCUT2D eigenvalue weighted by Gasteiger charge is -2.02. The molecular formula is C13H16N2O3. The third-order valence-electron chi connectivity index (χ3n) is 2.15. The van der Waals surface area contributed by atoms with Gasteiger partial charge in [0.15, 0.2) is 0 Å². The Balaban J connectivity index is 2.36. The van der Waals surface area contributed by atoms with Crippen LogP contribution in [0.1, 0.15) is 11.1 Å². The van der Waals surface area contributed by atoms with E-state index in [9.17, 15) is 9.59 Å². The van der Waals surface area contributed by atoms with Gasteiger partial charge >= 0.3 is 12.0 Å². The van der Waals surface area contributed by atoms with Gasteiger partial charge in [0, 0.05) is 6.20 Å². The molecule has 1 aromatic rings. The highest BCUT2D eigenvalue weighted by Gasteiger charge is 2.02. The molecule has 0 aromatic heterocycles. The SMILES string of the molecule is COC(=O)CNC(=O)N/C=C/c1cccc(C)c1. The van der Waals surface area contributed by atoms with Crippen LogP contribution in [-0.4, -0.2) is 25.7 Å². The van der Waals surface area contributed by atoms with Crippen LogP contribution in [0.25, 0.3) is 6.08 Å². The molecule has 0 aliphatic rings. The Morgan fingerprint density at radius 3 is 2.83 bits per heavy atom. The van der Waals surface area contributed by atoms with Crippen molar-refractivity contribution in [2.75, 3.05) is 13.7 Å². The van der Waals surface area contributed by atoms with Gasteiger partial charge in [-0.2, -0.15) is 0 Å². The Morgan fingerprint density at radius 2 is 2.17 bits per heavy atom. The van der Waals surface area contributed by atoms with Crippen molar-refractivity contribution in [3.63, 3.8) is 0 Å². The summed E-state index contributed by atoms with van der Waals surface area (Å²) in [5.41, 5.74) is 2.13. The predicted octanol–water partition coefficient (Wildman–Crippen LogP) is 1.44. The van der Waals surface area contributed by atoms with Crippen molar-refractivity contribution >= 4 is 18.1 Å². The monoisotopic (exact) mass is 248 g/mol. The molecule has 0 fully saturated rings. The van der Waals surface area contributed by atoms with Crippen LogP contribution in [0.15, 0.2) is 30.5 Å². The van der Waals surface area contributed by atoms with Crippen molar-refractivity contribution in [3.05, 3.63) is 41.6 Å². The number of amides is 2. The molecular weight excluding hydrogens is 232 g/mol. The van der Waals surface area contributed by atoms with Crippen LogP contribution in [0, 0.1) is 6.92 Å². The van der Waals surface area contributed by atoms with E-state index in [-0.39, 0.29) is 6.54 Å². The third kappa shape index (κ3) is 5.16. The lowest BCUT2D eigenvalue weighted by molar-refractivity contribution is -0.139. The summed E-state index contributed by atoms with van der Waals surface area (Å²) in [7, 11) is 1.26. The zero-order valence-electron chi connectivity index (χ0n) is 10.4. The quantitative estimate of drug-likeness (QED) is 0.792. The number of carbonyl (C=O) groups excluding carboxylic acids is 2. The smallest absolute Gasteiger partial charge is 0.325 e. The number of aryl methyl sites for hydroxylation is 1. The summed E-state index contributed by atoms with van der Waals surface area (Å²) in [6.45, 7) is 1.84. The Labute approximate surface area is 106 Å². The summed E-state index contributed by atoms with van der Waals surface area (Å²) >= 11 is 0. The number of nitrogens with one attached hydrogen (secondary N) is 2. The molecule has 5 nitrogen and oxygen atoms in total. The average Bonchev–Trinajstić information content (AvgIpc) is 2.36. The van der Waals surface area contributed by atoms with Crippen LogP contribution in [-0.2, 0) is 9.53 Å². The maximum absolute atomic E-state index is 11.2. The van der Waals surface area contributed by atoms with Crippen molar-refractivity contribution < 1.29 is 14.3 Å². The van der Waals surface area contributed by atoms with Gasteiger partial charge in [0.1, 0.15) is 6.54 Å². The molecule has 0 saturated heterocycles. The molecule has 2 N–H and O–H groups in total. The normalized spacial score (nSPS) is 10.1. The standard InChI is InChI=1S/C13H16N2O3/c1-10-4-3-5-11(8-10)6-7-14-13(17)15-9-12(16)18-2/h3-8H,9H2,1-2H3,(H2,14,15,17)/b7-6+. The van der Waals surface area contributed by atoms with E-state index in [4.69, 9.17) is 0 Å². The van der Waals surface area contributed by atoms with E-state index in [1.54, 1.807) is 6.08 Å². The summed E-state index contributed by atoms with van der Waals surface area (Å²) in [4.78, 5) is 22.0. The molecule has 0 bridgehead atoms. The highest BCUT2D eigenvalue weighted by atomic mass is 16.5. The number of benzene rings is 1. The Hall–Kier alpha value is -2.30. The van der Waals surface area contributed by atoms with Gasteiger partial charge < -0.3 is 15.4 Å². The van der Waals surface area contributed by atoms with E-state index < -0.39 is 12.0 Å². The fourth-order valence-corrected chi connectivity index (χ4v) is 1.26. The molecule has 96 valence electrons. The van der Waals surface area contributed by atoms with E-state index in [2.05, 4.69) is 15.4 Å². The first-order valence-corrected chi connectivity index (χ1v) is 5.46. The molecule has 1 aromatic carbocycles. The zero-order chi connectivity index (χ0) is 13.4. The molecule has 1 rings (SSSR count). The number of ether oxygens (including phenoxy) is 1. The van der Waals surface area contributed by atoms with Crippen LogP contribution in [0.4, 0.5) is 4.79 Å². The van der Waals surface area contributed by atoms with E-state index in [0.717, 1.165) is 11.1 Å². The maximum Gasteiger partial charge on any atom is 0.325 e. The molecule has 0 aliphatic carbocycles. The second kappa shape index (κ2) is 7.11. The molecule has 0 spiro atoms. The molecule has 0 radical (unpaired) electrons. The lowest BCUT2D eigenvalue weighted by atomic mass is 10.1. The lowest BCUT2D eigenvalue weighted by Crippen LogP contribution is -2.36. The molecule has 0 atom stereocenters. The van der Waals surface area contributed by atoms with E-state index >= 15 is 0 Å². The zero-order valence-corrected chi connectivity index (χ0v) is 10.4. The number of urea groups is 1. The second-order valence-corrected chi connectivity index (χ2v) is 3.65. The summed E-state index contributed by atoms with van der Waals surface area (Å²) in [6, 6.07) is 7.40. The highest BCUT2D eigenvalue weighted by Crippen LogP contribution is 2.04. The largest absolute Gasteiger partial charge is 0.468 e. The average molecular weight is 248 g/mol. The number of hydrogen-bond acceptors (Lipinski definition) is 3. The summed E-state index contributed by atoms with van der Waals surface area (Å²) in [5.74, 6) is -0.493. The van der Waals surface area contributed by atoms with E-state index in [1.807, 2.05) is 31.2 Å². The van der Waals surface area contributed by atoms with Crippen LogP contribution < -0.4 is 10.6 Å². The minimum atomic E-state index is -0.493. The summed E-state index contributed by atoms with van der Waals surface area (Å²) in [6.07, 6.45) is 3.28. The number of esters is 1. The second-order valence-electron chi connectivity index (χ2n) is 3.65. The van der Waals surface area contributed by atoms with Gasteiger partial charge in [-0.3, -0.25) is 4.79 Å². The Bertz CT molecular complexity index is 455. The number of rotatable bonds is 4. The Kier molecular flexibility index (Phi) is 5.44. The van der Waals surface area contributed by atoms with Crippen molar-refractivity contribution in [1.82, 2.24) is 10.6 Å². The maximum atomic E-state index is 11.2. The van der Waals surface area contributed by atoms with Crippen molar-refractivity contribution in [2.45, 2.75) is 6.92 Å². The molecule has 5 heteroatoms. The molecule has 18 heavy (non-hydrogen) atoms. The van der Waals surface area contributed by atoms with Crippen LogP contribution >= 0.6 is 0 Å². The van der Waals surface area contributed by atoms with Gasteiger partial charge in [0.2, 0.25) is 0 Å². The number of methoxy groups -OCH3 is 1. The molecule has 0 aliphatic heterocycles. The minimum absolute atomic E-state index is 0.152. The fraction of sp³-hybridized carbons (Fsp3) is 0.231. The minimum Gasteiger partial charge on any atom is -0.468 e. The molecule has 0 unspecified atom stereocenters. The van der Waals surface area contributed by atoms with Crippen LogP contribution in [0.5, 0.6) is 0 Å². The molecule has 2 amide bonds. The van der Waals surface area contributed by atoms with Crippen molar-refractivity contribution in [1.29, 1.82) is 0 Å². The van der Waals surface area contributed by atoms with E-state index in [1.165, 1.54) is 13.3 Å².